The van der Waals surface area contributed by atoms with Crippen molar-refractivity contribution >= 4 is 21.6 Å². The number of nitrogens with one attached hydrogen (secondary N) is 1. The summed E-state index contributed by atoms with van der Waals surface area (Å²) in [7, 11) is 0. The van der Waals surface area contributed by atoms with E-state index in [-0.39, 0.29) is 0 Å². The summed E-state index contributed by atoms with van der Waals surface area (Å²) in [5, 5.41) is 0. The lowest BCUT2D eigenvalue weighted by Gasteiger charge is -1.93. The SMILES string of the molecule is FNc1ccc(Br)cc1. The molecule has 1 nitrogen and oxygen atoms in total. The van der Waals surface area contributed by atoms with Crippen LogP contribution in [0.1, 0.15) is 0 Å². The maximum atomic E-state index is 11.6. The predicted molar refractivity (Wildman–Crippen MR) is 38.9 cm³/mol. The molecule has 0 fully saturated rings. The minimum absolute atomic E-state index is 0.471. The molecular weight excluding hydrogens is 185 g/mol. The summed E-state index contributed by atoms with van der Waals surface area (Å²) in [5.74, 6) is 0. The minimum atomic E-state index is 0.471. The van der Waals surface area contributed by atoms with E-state index in [0.717, 1.165) is 4.47 Å². The molecule has 1 aromatic rings. The number of anilines is 1. The summed E-state index contributed by atoms with van der Waals surface area (Å²) in [6, 6.07) is 6.82. The largest absolute Gasteiger partial charge is 0.225 e. The molecule has 0 amide bonds. The summed E-state index contributed by atoms with van der Waals surface area (Å²) in [6.07, 6.45) is 0. The molecule has 0 aliphatic carbocycles. The molecule has 0 saturated heterocycles. The Balaban J connectivity index is 2.88. The Morgan fingerprint density at radius 3 is 2.22 bits per heavy atom. The van der Waals surface area contributed by atoms with Crippen molar-refractivity contribution in [3.05, 3.63) is 28.7 Å². The molecule has 0 bridgehead atoms. The molecule has 1 N–H and O–H groups in total. The van der Waals surface area contributed by atoms with E-state index >= 15 is 0 Å². The normalized spacial score (nSPS) is 9.11. The van der Waals surface area contributed by atoms with Crippen molar-refractivity contribution in [2.24, 2.45) is 0 Å². The van der Waals surface area contributed by atoms with Crippen LogP contribution in [-0.4, -0.2) is 0 Å². The lowest BCUT2D eigenvalue weighted by Crippen LogP contribution is -1.78. The average Bonchev–Trinajstić information content (AvgIpc) is 1.90. The second-order valence-electron chi connectivity index (χ2n) is 1.60. The second-order valence-corrected chi connectivity index (χ2v) is 2.52. The molecule has 1 aromatic carbocycles. The topological polar surface area (TPSA) is 12.0 Å². The molecule has 48 valence electrons. The molecule has 0 spiro atoms. The molecule has 0 aliphatic rings. The van der Waals surface area contributed by atoms with E-state index < -0.39 is 0 Å². The van der Waals surface area contributed by atoms with E-state index in [1.807, 2.05) is 0 Å². The fourth-order valence-electron chi connectivity index (χ4n) is 0.513. The van der Waals surface area contributed by atoms with E-state index in [1.165, 1.54) is 5.54 Å². The maximum absolute atomic E-state index is 11.6. The van der Waals surface area contributed by atoms with Crippen LogP contribution in [0.3, 0.4) is 0 Å². The summed E-state index contributed by atoms with van der Waals surface area (Å²) < 4.78 is 12.5. The summed E-state index contributed by atoms with van der Waals surface area (Å²) in [4.78, 5) is 0. The molecule has 0 heterocycles. The van der Waals surface area contributed by atoms with Gasteiger partial charge in [0.2, 0.25) is 0 Å². The number of rotatable bonds is 1. The Kier molecular flexibility index (Phi) is 2.05. The van der Waals surface area contributed by atoms with Gasteiger partial charge in [-0.1, -0.05) is 15.9 Å². The highest BCUT2D eigenvalue weighted by molar-refractivity contribution is 9.10. The maximum Gasteiger partial charge on any atom is 0.0656 e. The van der Waals surface area contributed by atoms with Gasteiger partial charge < -0.3 is 0 Å². The van der Waals surface area contributed by atoms with Crippen LogP contribution in [0.15, 0.2) is 28.7 Å². The van der Waals surface area contributed by atoms with Gasteiger partial charge in [-0.25, -0.2) is 5.54 Å². The van der Waals surface area contributed by atoms with E-state index in [2.05, 4.69) is 15.9 Å². The lowest BCUT2D eigenvalue weighted by molar-refractivity contribution is 0.618. The molecule has 0 unspecified atom stereocenters. The van der Waals surface area contributed by atoms with Crippen LogP contribution in [0.4, 0.5) is 10.2 Å². The Labute approximate surface area is 60.9 Å². The van der Waals surface area contributed by atoms with Crippen molar-refractivity contribution in [3.63, 3.8) is 0 Å². The molecule has 0 aromatic heterocycles. The number of halogens is 2. The number of hydrogen-bond acceptors (Lipinski definition) is 1. The monoisotopic (exact) mass is 189 g/mol. The third-order valence-corrected chi connectivity index (χ3v) is 1.48. The molecule has 0 aliphatic heterocycles. The van der Waals surface area contributed by atoms with Crippen LogP contribution in [0.2, 0.25) is 0 Å². The van der Waals surface area contributed by atoms with E-state index in [9.17, 15) is 4.48 Å². The third kappa shape index (κ3) is 1.68. The standard InChI is InChI=1S/C6H5BrFN/c7-5-1-3-6(9-8)4-2-5/h1-4,9H. The van der Waals surface area contributed by atoms with Gasteiger partial charge >= 0.3 is 0 Å². The first-order chi connectivity index (χ1) is 4.33. The first-order valence-corrected chi connectivity index (χ1v) is 3.24. The first kappa shape index (κ1) is 6.55. The number of hydrogen-bond donors (Lipinski definition) is 1. The Hall–Kier alpha value is -0.570. The molecule has 0 atom stereocenters. The summed E-state index contributed by atoms with van der Waals surface area (Å²) in [5.41, 5.74) is 2.00. The smallest absolute Gasteiger partial charge is 0.0656 e. The van der Waals surface area contributed by atoms with Crippen LogP contribution < -0.4 is 5.54 Å². The van der Waals surface area contributed by atoms with Crippen molar-refractivity contribution in [1.82, 2.24) is 0 Å². The van der Waals surface area contributed by atoms with Crippen LogP contribution >= 0.6 is 15.9 Å². The van der Waals surface area contributed by atoms with Gasteiger partial charge in [0.15, 0.2) is 0 Å². The predicted octanol–water partition coefficient (Wildman–Crippen LogP) is 2.75. The van der Waals surface area contributed by atoms with Gasteiger partial charge in [-0.3, -0.25) is 0 Å². The van der Waals surface area contributed by atoms with Crippen molar-refractivity contribution in [2.45, 2.75) is 0 Å². The van der Waals surface area contributed by atoms with Gasteiger partial charge in [-0.05, 0) is 24.3 Å². The van der Waals surface area contributed by atoms with E-state index in [4.69, 9.17) is 0 Å². The van der Waals surface area contributed by atoms with Gasteiger partial charge in [-0.15, -0.1) is 4.48 Å². The van der Waals surface area contributed by atoms with Crippen molar-refractivity contribution < 1.29 is 4.48 Å². The molecule has 9 heavy (non-hydrogen) atoms. The van der Waals surface area contributed by atoms with Crippen LogP contribution in [-0.2, 0) is 0 Å². The van der Waals surface area contributed by atoms with Gasteiger partial charge in [-0.2, -0.15) is 0 Å². The van der Waals surface area contributed by atoms with E-state index in [0.29, 0.717) is 5.69 Å². The van der Waals surface area contributed by atoms with Crippen molar-refractivity contribution in [3.8, 4) is 0 Å². The zero-order valence-electron chi connectivity index (χ0n) is 4.57. The highest BCUT2D eigenvalue weighted by Gasteiger charge is 1.87. The Bertz CT molecular complexity index is 185. The van der Waals surface area contributed by atoms with Crippen molar-refractivity contribution in [2.75, 3.05) is 5.54 Å². The zero-order chi connectivity index (χ0) is 6.69. The van der Waals surface area contributed by atoms with Gasteiger partial charge in [0, 0.05) is 4.47 Å². The second kappa shape index (κ2) is 2.82. The van der Waals surface area contributed by atoms with Gasteiger partial charge in [0.25, 0.3) is 0 Å². The quantitative estimate of drug-likeness (QED) is 0.671. The molecule has 1 rings (SSSR count). The van der Waals surface area contributed by atoms with Crippen LogP contribution in [0.5, 0.6) is 0 Å². The first-order valence-electron chi connectivity index (χ1n) is 2.45. The molecular formula is C6H5BrFN. The van der Waals surface area contributed by atoms with Crippen molar-refractivity contribution in [1.29, 1.82) is 0 Å². The van der Waals surface area contributed by atoms with Gasteiger partial charge in [0.1, 0.15) is 0 Å². The summed E-state index contributed by atoms with van der Waals surface area (Å²) in [6.45, 7) is 0. The fraction of sp³-hybridized carbons (Fsp3) is 0. The van der Waals surface area contributed by atoms with E-state index in [1.54, 1.807) is 24.3 Å². The fourth-order valence-corrected chi connectivity index (χ4v) is 0.777. The Morgan fingerprint density at radius 2 is 1.78 bits per heavy atom. The van der Waals surface area contributed by atoms with Crippen LogP contribution in [0, 0.1) is 0 Å². The lowest BCUT2D eigenvalue weighted by atomic mass is 10.3. The average molecular weight is 190 g/mol. The molecule has 0 saturated carbocycles. The molecule has 3 heteroatoms. The Morgan fingerprint density at radius 1 is 1.22 bits per heavy atom. The third-order valence-electron chi connectivity index (χ3n) is 0.953. The highest BCUT2D eigenvalue weighted by Crippen LogP contribution is 2.13. The minimum Gasteiger partial charge on any atom is -0.225 e. The highest BCUT2D eigenvalue weighted by atomic mass is 79.9. The van der Waals surface area contributed by atoms with Gasteiger partial charge in [0.05, 0.1) is 5.69 Å². The molecule has 0 radical (unpaired) electrons. The number of benzene rings is 1. The summed E-state index contributed by atoms with van der Waals surface area (Å²) >= 11 is 3.22. The zero-order valence-corrected chi connectivity index (χ0v) is 6.15. The van der Waals surface area contributed by atoms with Crippen LogP contribution in [0.25, 0.3) is 0 Å².